The summed E-state index contributed by atoms with van der Waals surface area (Å²) in [4.78, 5) is 0. The summed E-state index contributed by atoms with van der Waals surface area (Å²) in [6.45, 7) is 5.23. The topological polar surface area (TPSA) is 40.5 Å². The van der Waals surface area contributed by atoms with Gasteiger partial charge in [-0.15, -0.1) is 0 Å². The van der Waals surface area contributed by atoms with Gasteiger partial charge in [0.25, 0.3) is 0 Å². The Morgan fingerprint density at radius 3 is 1.50 bits per heavy atom. The van der Waals surface area contributed by atoms with E-state index in [1.165, 1.54) is 10.6 Å². The number of hydrogen-bond acceptors (Lipinski definition) is 4. The predicted octanol–water partition coefficient (Wildman–Crippen LogP) is 0.946. The zero-order valence-corrected chi connectivity index (χ0v) is 25.3. The van der Waals surface area contributed by atoms with Gasteiger partial charge in [0.1, 0.15) is 0 Å². The standard InChI is InChI=1S/C14H20O2S2Se6/c1-3-19-11-9(17-7-5-15)21-13(23-11)14-22-10(18-8-6-16)12(24-14)20-4-2/h15-16H,3-8H2,1-2H3/b14-13+. The second-order valence-corrected chi connectivity index (χ2v) is 26.7. The van der Waals surface area contributed by atoms with E-state index >= 15 is 0 Å². The van der Waals surface area contributed by atoms with Crippen molar-refractivity contribution in [3.8, 4) is 0 Å². The third-order valence-corrected chi connectivity index (χ3v) is 30.6. The average molecular weight is 758 g/mol. The van der Waals surface area contributed by atoms with Crippen molar-refractivity contribution in [2.45, 2.75) is 24.5 Å². The predicted molar refractivity (Wildman–Crippen MR) is 116 cm³/mol. The number of aliphatic hydroxyl groups excluding tert-OH is 2. The summed E-state index contributed by atoms with van der Waals surface area (Å²) in [6.07, 6.45) is 0. The van der Waals surface area contributed by atoms with E-state index < -0.39 is 0 Å². The first-order valence-corrected chi connectivity index (χ1v) is 20.4. The van der Waals surface area contributed by atoms with Crippen LogP contribution in [-0.2, 0) is 0 Å². The molecular weight excluding hydrogens is 738 g/mol. The van der Waals surface area contributed by atoms with Crippen LogP contribution in [0.25, 0.3) is 0 Å². The Bertz CT molecular complexity index is 489. The first-order valence-electron chi connectivity index (χ1n) is 7.40. The summed E-state index contributed by atoms with van der Waals surface area (Å²) in [5, 5.41) is 21.0. The van der Waals surface area contributed by atoms with Crippen molar-refractivity contribution in [1.29, 1.82) is 0 Å². The molecule has 2 aliphatic rings. The van der Waals surface area contributed by atoms with E-state index in [1.807, 2.05) is 30.3 Å². The first-order chi connectivity index (χ1) is 11.7. The van der Waals surface area contributed by atoms with Crippen LogP contribution in [0.1, 0.15) is 13.8 Å². The Labute approximate surface area is 191 Å². The molecule has 0 fully saturated rings. The van der Waals surface area contributed by atoms with Crippen molar-refractivity contribution in [2.75, 3.05) is 24.7 Å². The molecule has 10 heteroatoms. The zero-order chi connectivity index (χ0) is 17.4. The van der Waals surface area contributed by atoms with Gasteiger partial charge >= 0.3 is 194 Å². The Balaban J connectivity index is 2.08. The van der Waals surface area contributed by atoms with Gasteiger partial charge in [0.05, 0.1) is 0 Å². The fourth-order valence-electron chi connectivity index (χ4n) is 1.60. The van der Waals surface area contributed by atoms with Gasteiger partial charge in [-0.1, -0.05) is 0 Å². The molecule has 0 saturated heterocycles. The number of hydrogen-bond donors (Lipinski definition) is 2. The molecular formula is C14H20O2S2Se6. The van der Waals surface area contributed by atoms with E-state index in [0.717, 1.165) is 11.5 Å². The quantitative estimate of drug-likeness (QED) is 0.326. The Morgan fingerprint density at radius 2 is 1.17 bits per heavy atom. The van der Waals surface area contributed by atoms with Crippen molar-refractivity contribution in [3.63, 3.8) is 0 Å². The van der Waals surface area contributed by atoms with Crippen molar-refractivity contribution >= 4 is 113 Å². The molecule has 2 nitrogen and oxygen atoms in total. The summed E-state index contributed by atoms with van der Waals surface area (Å²) in [5.41, 5.74) is 0. The Kier molecular flexibility index (Phi) is 12.8. The molecule has 0 aromatic rings. The number of thioether (sulfide) groups is 2. The summed E-state index contributed by atoms with van der Waals surface area (Å²) in [5.74, 6) is 1.74. The van der Waals surface area contributed by atoms with E-state index in [9.17, 15) is 10.2 Å². The van der Waals surface area contributed by atoms with Gasteiger partial charge in [-0.05, 0) is 0 Å². The molecule has 0 bridgehead atoms. The van der Waals surface area contributed by atoms with Crippen LogP contribution < -0.4 is 0 Å². The van der Waals surface area contributed by atoms with Crippen LogP contribution in [0.5, 0.6) is 0 Å². The molecule has 2 N–H and O–H groups in total. The monoisotopic (exact) mass is 764 g/mol. The molecule has 2 heterocycles. The van der Waals surface area contributed by atoms with Gasteiger partial charge in [-0.2, -0.15) is 0 Å². The Morgan fingerprint density at radius 1 is 0.750 bits per heavy atom. The molecule has 0 aromatic heterocycles. The van der Waals surface area contributed by atoms with Crippen molar-refractivity contribution < 1.29 is 10.2 Å². The van der Waals surface area contributed by atoms with Gasteiger partial charge in [-0.3, -0.25) is 0 Å². The van der Waals surface area contributed by atoms with Gasteiger partial charge in [0, 0.05) is 0 Å². The van der Waals surface area contributed by atoms with Gasteiger partial charge in [-0.25, -0.2) is 0 Å². The maximum absolute atomic E-state index is 9.17. The van der Waals surface area contributed by atoms with Crippen LogP contribution in [0.2, 0.25) is 10.6 Å². The number of rotatable bonds is 10. The third-order valence-electron chi connectivity index (χ3n) is 2.44. The maximum atomic E-state index is 9.17. The second kappa shape index (κ2) is 13.2. The molecule has 0 radical (unpaired) electrons. The molecule has 136 valence electrons. The molecule has 0 saturated carbocycles. The molecule has 0 amide bonds. The van der Waals surface area contributed by atoms with Gasteiger partial charge in [0.15, 0.2) is 0 Å². The fourth-order valence-corrected chi connectivity index (χ4v) is 34.4. The molecule has 2 aliphatic heterocycles. The normalized spacial score (nSPS) is 21.5. The van der Waals surface area contributed by atoms with Crippen LogP contribution in [0.15, 0.2) is 21.1 Å². The van der Waals surface area contributed by atoms with Gasteiger partial charge in [0.2, 0.25) is 0 Å². The summed E-state index contributed by atoms with van der Waals surface area (Å²) < 4.78 is 10.6. The SMILES string of the molecule is CC[Se]C1=C(SCCO)[Se]/C(=C2/[Se]C(SCCO)=C([Se]CC)[Se]2)[Se]1. The summed E-state index contributed by atoms with van der Waals surface area (Å²) in [7, 11) is 0. The van der Waals surface area contributed by atoms with Crippen LogP contribution in [0.3, 0.4) is 0 Å². The van der Waals surface area contributed by atoms with Crippen molar-refractivity contribution in [1.82, 2.24) is 0 Å². The van der Waals surface area contributed by atoms with Crippen molar-refractivity contribution in [2.24, 2.45) is 0 Å². The molecule has 0 unspecified atom stereocenters. The van der Waals surface area contributed by atoms with E-state index in [1.54, 1.807) is 14.3 Å². The van der Waals surface area contributed by atoms with Crippen LogP contribution >= 0.6 is 23.5 Å². The van der Waals surface area contributed by atoms with E-state index in [4.69, 9.17) is 0 Å². The first kappa shape index (κ1) is 23.2. The van der Waals surface area contributed by atoms with E-state index in [2.05, 4.69) is 13.8 Å². The fraction of sp³-hybridized carbons (Fsp3) is 0.571. The molecule has 0 spiro atoms. The summed E-state index contributed by atoms with van der Waals surface area (Å²) in [6, 6.07) is 0. The minimum atomic E-state index is 0.302. The molecule has 0 aromatic carbocycles. The zero-order valence-electron chi connectivity index (χ0n) is 13.4. The minimum absolute atomic E-state index is 0.302. The Hall–Kier alpha value is 2.96. The van der Waals surface area contributed by atoms with Crippen LogP contribution in [0, 0.1) is 0 Å². The number of aliphatic hydroxyl groups is 2. The molecule has 24 heavy (non-hydrogen) atoms. The molecule has 0 atom stereocenters. The van der Waals surface area contributed by atoms with Crippen LogP contribution in [-0.4, -0.2) is 125 Å². The van der Waals surface area contributed by atoms with E-state index in [-0.39, 0.29) is 0 Å². The van der Waals surface area contributed by atoms with Gasteiger partial charge < -0.3 is 0 Å². The summed E-state index contributed by atoms with van der Waals surface area (Å²) >= 11 is 7.60. The third kappa shape index (κ3) is 7.09. The second-order valence-electron chi connectivity index (χ2n) is 4.14. The molecule has 2 rings (SSSR count). The molecule has 0 aliphatic carbocycles. The van der Waals surface area contributed by atoms with E-state index in [0.29, 0.717) is 103 Å². The average Bonchev–Trinajstić information content (AvgIpc) is 3.16. The van der Waals surface area contributed by atoms with Crippen molar-refractivity contribution in [3.05, 3.63) is 21.1 Å². The van der Waals surface area contributed by atoms with Crippen LogP contribution in [0.4, 0.5) is 0 Å².